The fourth-order valence-electron chi connectivity index (χ4n) is 1.07. The molecular weight excluding hydrogens is 146 g/mol. The van der Waals surface area contributed by atoms with Crippen LogP contribution < -0.4 is 0 Å². The Kier molecular flexibility index (Phi) is 3.94. The Balaban J connectivity index is 2.21. The van der Waals surface area contributed by atoms with E-state index in [1.807, 2.05) is 24.4 Å². The quantitative estimate of drug-likeness (QED) is 0.484. The summed E-state index contributed by atoms with van der Waals surface area (Å²) in [6.45, 7) is 0. The van der Waals surface area contributed by atoms with E-state index in [4.69, 9.17) is 6.42 Å². The molecule has 1 aromatic heterocycles. The Morgan fingerprint density at radius 3 is 2.92 bits per heavy atom. The van der Waals surface area contributed by atoms with Crippen LogP contribution in [0, 0.1) is 12.3 Å². The fourth-order valence-corrected chi connectivity index (χ4v) is 1.07. The lowest BCUT2D eigenvalue weighted by Crippen LogP contribution is -1.88. The molecule has 0 aliphatic heterocycles. The number of rotatable bonds is 4. The number of unbranched alkanes of at least 4 members (excludes halogenated alkanes) is 2. The van der Waals surface area contributed by atoms with Gasteiger partial charge < -0.3 is 0 Å². The van der Waals surface area contributed by atoms with Crippen LogP contribution in [0.2, 0.25) is 0 Å². The summed E-state index contributed by atoms with van der Waals surface area (Å²) in [5, 5.41) is 0. The van der Waals surface area contributed by atoms with Crippen LogP contribution in [0.4, 0.5) is 0 Å². The summed E-state index contributed by atoms with van der Waals surface area (Å²) in [6, 6.07) is 5.97. The van der Waals surface area contributed by atoms with Gasteiger partial charge in [0, 0.05) is 18.3 Å². The number of nitrogens with zero attached hydrogens (tertiary/aromatic N) is 1. The lowest BCUT2D eigenvalue weighted by Gasteiger charge is -1.97. The number of aromatic nitrogens is 1. The molecule has 1 aromatic rings. The van der Waals surface area contributed by atoms with Gasteiger partial charge in [-0.2, -0.15) is 0 Å². The van der Waals surface area contributed by atoms with Gasteiger partial charge in [-0.15, -0.1) is 0 Å². The summed E-state index contributed by atoms with van der Waals surface area (Å²) in [5.41, 5.74) is 1.14. The highest BCUT2D eigenvalue weighted by atomic mass is 14.7. The van der Waals surface area contributed by atoms with E-state index in [0.717, 1.165) is 31.4 Å². The van der Waals surface area contributed by atoms with Gasteiger partial charge in [0.2, 0.25) is 0 Å². The number of aryl methyl sites for hydroxylation is 1. The molecule has 0 fully saturated rings. The van der Waals surface area contributed by atoms with Crippen molar-refractivity contribution in [3.05, 3.63) is 36.5 Å². The second-order valence-corrected chi connectivity index (χ2v) is 2.70. The van der Waals surface area contributed by atoms with Crippen molar-refractivity contribution in [1.29, 1.82) is 0 Å². The number of hydrogen-bond donors (Lipinski definition) is 0. The second-order valence-electron chi connectivity index (χ2n) is 2.70. The van der Waals surface area contributed by atoms with Gasteiger partial charge >= 0.3 is 0 Å². The molecule has 1 heteroatoms. The Bertz CT molecular complexity index is 245. The van der Waals surface area contributed by atoms with Crippen LogP contribution in [0.5, 0.6) is 0 Å². The summed E-state index contributed by atoms with van der Waals surface area (Å²) in [7, 11) is 0. The van der Waals surface area contributed by atoms with E-state index < -0.39 is 0 Å². The monoisotopic (exact) mass is 158 g/mol. The molecule has 0 N–H and O–H groups in total. The van der Waals surface area contributed by atoms with Gasteiger partial charge in [-0.25, -0.2) is 0 Å². The number of hydrogen-bond acceptors (Lipinski definition) is 1. The van der Waals surface area contributed by atoms with Gasteiger partial charge in [-0.1, -0.05) is 12.0 Å². The molecule has 1 heterocycles. The molecule has 0 aliphatic rings. The summed E-state index contributed by atoms with van der Waals surface area (Å²) < 4.78 is 0. The zero-order valence-corrected chi connectivity index (χ0v) is 7.09. The SMILES string of the molecule is [C]#CCCCCc1ccccn1. The minimum absolute atomic E-state index is 0.771. The third-order valence-corrected chi connectivity index (χ3v) is 1.71. The van der Waals surface area contributed by atoms with E-state index in [2.05, 4.69) is 10.9 Å². The Labute approximate surface area is 73.8 Å². The molecule has 0 aliphatic carbocycles. The first-order valence-corrected chi connectivity index (χ1v) is 4.23. The van der Waals surface area contributed by atoms with Gasteiger partial charge in [-0.3, -0.25) is 4.98 Å². The zero-order chi connectivity index (χ0) is 8.65. The van der Waals surface area contributed by atoms with Crippen LogP contribution in [-0.4, -0.2) is 4.98 Å². The molecule has 1 rings (SSSR count). The lowest BCUT2D eigenvalue weighted by molar-refractivity contribution is 0.742. The standard InChI is InChI=1S/C11H12N/c1-2-3-4-5-8-11-9-6-7-10-12-11/h6-7,9-10H,3-5,8H2. The van der Waals surface area contributed by atoms with Gasteiger partial charge in [0.25, 0.3) is 0 Å². The van der Waals surface area contributed by atoms with Crippen LogP contribution in [0.3, 0.4) is 0 Å². The summed E-state index contributed by atoms with van der Waals surface area (Å²) in [4.78, 5) is 4.21. The van der Waals surface area contributed by atoms with Gasteiger partial charge in [0.15, 0.2) is 0 Å². The predicted molar refractivity (Wildman–Crippen MR) is 48.9 cm³/mol. The van der Waals surface area contributed by atoms with E-state index in [9.17, 15) is 0 Å². The van der Waals surface area contributed by atoms with Crippen molar-refractivity contribution >= 4 is 0 Å². The van der Waals surface area contributed by atoms with Crippen molar-refractivity contribution in [2.75, 3.05) is 0 Å². The predicted octanol–water partition coefficient (Wildman–Crippen LogP) is 2.38. The highest BCUT2D eigenvalue weighted by Gasteiger charge is 1.91. The third kappa shape index (κ3) is 3.21. The lowest BCUT2D eigenvalue weighted by atomic mass is 10.1. The molecule has 0 aromatic carbocycles. The maximum atomic E-state index is 6.72. The first-order chi connectivity index (χ1) is 5.93. The average Bonchev–Trinajstić information content (AvgIpc) is 2.14. The first-order valence-electron chi connectivity index (χ1n) is 4.23. The maximum absolute atomic E-state index is 6.72. The average molecular weight is 158 g/mol. The molecule has 0 saturated heterocycles. The first kappa shape index (κ1) is 8.80. The Morgan fingerprint density at radius 2 is 2.25 bits per heavy atom. The molecule has 0 atom stereocenters. The van der Waals surface area contributed by atoms with Gasteiger partial charge in [0.05, 0.1) is 0 Å². The highest BCUT2D eigenvalue weighted by Crippen LogP contribution is 2.02. The summed E-state index contributed by atoms with van der Waals surface area (Å²) >= 11 is 0. The molecule has 0 amide bonds. The third-order valence-electron chi connectivity index (χ3n) is 1.71. The topological polar surface area (TPSA) is 12.9 Å². The van der Waals surface area contributed by atoms with Crippen LogP contribution in [0.15, 0.2) is 24.4 Å². The van der Waals surface area contributed by atoms with Crippen LogP contribution in [0.1, 0.15) is 25.0 Å². The zero-order valence-electron chi connectivity index (χ0n) is 7.09. The van der Waals surface area contributed by atoms with Crippen LogP contribution in [-0.2, 0) is 6.42 Å². The van der Waals surface area contributed by atoms with Crippen molar-refractivity contribution in [2.24, 2.45) is 0 Å². The molecule has 61 valence electrons. The summed E-state index contributed by atoms with van der Waals surface area (Å²) in [6.07, 6.45) is 12.5. The van der Waals surface area contributed by atoms with Gasteiger partial charge in [-0.05, 0) is 37.8 Å². The Hall–Kier alpha value is -1.29. The van der Waals surface area contributed by atoms with Crippen LogP contribution >= 0.6 is 0 Å². The molecular formula is C11H12N. The molecule has 0 saturated carbocycles. The van der Waals surface area contributed by atoms with E-state index in [-0.39, 0.29) is 0 Å². The van der Waals surface area contributed by atoms with Crippen molar-refractivity contribution in [2.45, 2.75) is 25.7 Å². The second kappa shape index (κ2) is 5.37. The smallest absolute Gasteiger partial charge is 0.0403 e. The minimum Gasteiger partial charge on any atom is -0.261 e. The minimum atomic E-state index is 0.771. The van der Waals surface area contributed by atoms with E-state index >= 15 is 0 Å². The molecule has 1 radical (unpaired) electrons. The highest BCUT2D eigenvalue weighted by molar-refractivity contribution is 5.03. The van der Waals surface area contributed by atoms with E-state index in [1.54, 1.807) is 0 Å². The summed E-state index contributed by atoms with van der Waals surface area (Å²) in [5.74, 6) is 2.38. The maximum Gasteiger partial charge on any atom is 0.0403 e. The molecule has 12 heavy (non-hydrogen) atoms. The Morgan fingerprint density at radius 1 is 1.33 bits per heavy atom. The molecule has 0 bridgehead atoms. The van der Waals surface area contributed by atoms with Crippen molar-refractivity contribution in [1.82, 2.24) is 4.98 Å². The van der Waals surface area contributed by atoms with E-state index in [0.29, 0.717) is 0 Å². The normalized spacial score (nSPS) is 9.25. The number of pyridine rings is 1. The fraction of sp³-hybridized carbons (Fsp3) is 0.364. The van der Waals surface area contributed by atoms with Crippen molar-refractivity contribution < 1.29 is 0 Å². The van der Waals surface area contributed by atoms with Crippen LogP contribution in [0.25, 0.3) is 0 Å². The largest absolute Gasteiger partial charge is 0.261 e. The molecule has 0 spiro atoms. The van der Waals surface area contributed by atoms with Gasteiger partial charge in [0.1, 0.15) is 0 Å². The van der Waals surface area contributed by atoms with Crippen molar-refractivity contribution in [3.8, 4) is 5.92 Å². The van der Waals surface area contributed by atoms with Crippen molar-refractivity contribution in [3.63, 3.8) is 0 Å². The van der Waals surface area contributed by atoms with E-state index in [1.165, 1.54) is 0 Å². The molecule has 0 unspecified atom stereocenters. The molecule has 1 nitrogen and oxygen atoms in total.